The first-order valence-electron chi connectivity index (χ1n) is 3.59. The highest BCUT2D eigenvalue weighted by atomic mass is 16.5. The molecular formula is C8H9BO3. The summed E-state index contributed by atoms with van der Waals surface area (Å²) >= 11 is 0. The maximum absolute atomic E-state index is 11.0. The van der Waals surface area contributed by atoms with Crippen molar-refractivity contribution in [1.82, 2.24) is 0 Å². The van der Waals surface area contributed by atoms with E-state index in [1.807, 2.05) is 0 Å². The van der Waals surface area contributed by atoms with Crippen LogP contribution >= 0.6 is 0 Å². The fourth-order valence-electron chi connectivity index (χ4n) is 0.953. The lowest BCUT2D eigenvalue weighted by Gasteiger charge is -2.05. The third-order valence-corrected chi connectivity index (χ3v) is 1.49. The van der Waals surface area contributed by atoms with Gasteiger partial charge in [0.1, 0.15) is 5.75 Å². The summed E-state index contributed by atoms with van der Waals surface area (Å²) in [6, 6.07) is 6.80. The van der Waals surface area contributed by atoms with Gasteiger partial charge in [-0.3, -0.25) is 4.79 Å². The summed E-state index contributed by atoms with van der Waals surface area (Å²) in [4.78, 5) is 11.0. The molecule has 0 aliphatic heterocycles. The van der Waals surface area contributed by atoms with Crippen LogP contribution in [-0.4, -0.2) is 18.5 Å². The molecule has 62 valence electrons. The second-order valence-electron chi connectivity index (χ2n) is 2.33. The summed E-state index contributed by atoms with van der Waals surface area (Å²) in [5.74, 6) is 0.353. The molecule has 1 rings (SSSR count). The molecule has 12 heavy (non-hydrogen) atoms. The molecule has 0 aliphatic rings. The average Bonchev–Trinajstić information content (AvgIpc) is 2.05. The zero-order valence-corrected chi connectivity index (χ0v) is 6.78. The fraction of sp³-hybridized carbons (Fsp3) is 0.125. The van der Waals surface area contributed by atoms with E-state index in [2.05, 4.69) is 0 Å². The van der Waals surface area contributed by atoms with Crippen molar-refractivity contribution in [1.29, 1.82) is 0 Å². The van der Waals surface area contributed by atoms with E-state index in [-0.39, 0.29) is 5.78 Å². The number of hydrogen-bond acceptors (Lipinski definition) is 3. The van der Waals surface area contributed by atoms with E-state index in [0.29, 0.717) is 11.3 Å². The molecule has 0 atom stereocenters. The Hall–Kier alpha value is -1.29. The highest BCUT2D eigenvalue weighted by Gasteiger charge is 2.05. The van der Waals surface area contributed by atoms with E-state index in [9.17, 15) is 4.79 Å². The molecule has 1 aromatic rings. The monoisotopic (exact) mass is 164 g/mol. The standard InChI is InChI=1S/C8H9BO3/c1-6(10)7-4-2-3-5-8(7)12-9-11/h2-5,9,11H,1H3. The van der Waals surface area contributed by atoms with Crippen LogP contribution in [-0.2, 0) is 0 Å². The minimum Gasteiger partial charge on any atom is -0.538 e. The second kappa shape index (κ2) is 3.92. The van der Waals surface area contributed by atoms with E-state index >= 15 is 0 Å². The Kier molecular flexibility index (Phi) is 2.88. The van der Waals surface area contributed by atoms with E-state index in [4.69, 9.17) is 9.68 Å². The van der Waals surface area contributed by atoms with Gasteiger partial charge in [-0.1, -0.05) is 12.1 Å². The van der Waals surface area contributed by atoms with Crippen LogP contribution in [0.1, 0.15) is 17.3 Å². The molecule has 0 saturated carbocycles. The zero-order chi connectivity index (χ0) is 8.97. The predicted octanol–water partition coefficient (Wildman–Crippen LogP) is 0.527. The minimum atomic E-state index is -0.412. The smallest absolute Gasteiger partial charge is 0.504 e. The molecule has 0 spiro atoms. The van der Waals surface area contributed by atoms with Crippen LogP contribution in [0.15, 0.2) is 24.3 Å². The van der Waals surface area contributed by atoms with Crippen LogP contribution in [0.3, 0.4) is 0 Å². The maximum Gasteiger partial charge on any atom is 0.504 e. The van der Waals surface area contributed by atoms with Crippen molar-refractivity contribution in [3.8, 4) is 5.75 Å². The van der Waals surface area contributed by atoms with Gasteiger partial charge in [0.15, 0.2) is 5.78 Å². The molecule has 0 amide bonds. The first kappa shape index (κ1) is 8.81. The first-order valence-corrected chi connectivity index (χ1v) is 3.59. The van der Waals surface area contributed by atoms with Gasteiger partial charge >= 0.3 is 7.69 Å². The van der Waals surface area contributed by atoms with Gasteiger partial charge in [-0.2, -0.15) is 0 Å². The number of carbonyl (C=O) groups is 1. The van der Waals surface area contributed by atoms with Crippen LogP contribution in [0.25, 0.3) is 0 Å². The van der Waals surface area contributed by atoms with Crippen LogP contribution in [0, 0.1) is 0 Å². The van der Waals surface area contributed by atoms with Crippen LogP contribution in [0.5, 0.6) is 5.75 Å². The van der Waals surface area contributed by atoms with Gasteiger partial charge < -0.3 is 9.68 Å². The van der Waals surface area contributed by atoms with Gasteiger partial charge in [-0.15, -0.1) is 0 Å². The second-order valence-corrected chi connectivity index (χ2v) is 2.33. The van der Waals surface area contributed by atoms with E-state index < -0.39 is 7.69 Å². The highest BCUT2D eigenvalue weighted by molar-refractivity contribution is 6.17. The van der Waals surface area contributed by atoms with Crippen molar-refractivity contribution in [2.75, 3.05) is 0 Å². The topological polar surface area (TPSA) is 46.5 Å². The van der Waals surface area contributed by atoms with Gasteiger partial charge in [0, 0.05) is 0 Å². The van der Waals surface area contributed by atoms with Gasteiger partial charge in [0.25, 0.3) is 0 Å². The largest absolute Gasteiger partial charge is 0.538 e. The van der Waals surface area contributed by atoms with Crippen molar-refractivity contribution in [2.24, 2.45) is 0 Å². The Morgan fingerprint density at radius 3 is 2.75 bits per heavy atom. The Morgan fingerprint density at radius 1 is 1.50 bits per heavy atom. The molecular weight excluding hydrogens is 155 g/mol. The molecule has 3 nitrogen and oxygen atoms in total. The first-order chi connectivity index (χ1) is 5.75. The van der Waals surface area contributed by atoms with E-state index in [1.165, 1.54) is 6.92 Å². The summed E-state index contributed by atoms with van der Waals surface area (Å²) in [7, 11) is -0.412. The summed E-state index contributed by atoms with van der Waals surface area (Å²) < 4.78 is 4.83. The summed E-state index contributed by atoms with van der Waals surface area (Å²) in [6.07, 6.45) is 0. The van der Waals surface area contributed by atoms with Crippen molar-refractivity contribution in [2.45, 2.75) is 6.92 Å². The van der Waals surface area contributed by atoms with Gasteiger partial charge in [0.2, 0.25) is 0 Å². The number of benzene rings is 1. The van der Waals surface area contributed by atoms with E-state index in [0.717, 1.165) is 0 Å². The fourth-order valence-corrected chi connectivity index (χ4v) is 0.953. The zero-order valence-electron chi connectivity index (χ0n) is 6.78. The third kappa shape index (κ3) is 1.86. The lowest BCUT2D eigenvalue weighted by atomic mass is 10.1. The number of hydrogen-bond donors (Lipinski definition) is 1. The lowest BCUT2D eigenvalue weighted by molar-refractivity contribution is 0.101. The molecule has 0 radical (unpaired) electrons. The van der Waals surface area contributed by atoms with Gasteiger partial charge in [0.05, 0.1) is 5.56 Å². The van der Waals surface area contributed by atoms with Gasteiger partial charge in [-0.25, -0.2) is 0 Å². The molecule has 4 heteroatoms. The molecule has 1 aromatic carbocycles. The van der Waals surface area contributed by atoms with Gasteiger partial charge in [-0.05, 0) is 19.1 Å². The van der Waals surface area contributed by atoms with E-state index in [1.54, 1.807) is 24.3 Å². The van der Waals surface area contributed by atoms with Crippen molar-refractivity contribution in [3.63, 3.8) is 0 Å². The molecule has 0 aliphatic carbocycles. The minimum absolute atomic E-state index is 0.0703. The normalized spacial score (nSPS) is 9.17. The molecule has 0 saturated heterocycles. The molecule has 0 heterocycles. The van der Waals surface area contributed by atoms with Crippen LogP contribution in [0.2, 0.25) is 0 Å². The van der Waals surface area contributed by atoms with Crippen molar-refractivity contribution in [3.05, 3.63) is 29.8 Å². The number of Topliss-reactive ketones (excluding diaryl/α,β-unsaturated/α-hetero) is 1. The Balaban J connectivity index is 3.00. The van der Waals surface area contributed by atoms with Crippen molar-refractivity contribution < 1.29 is 14.5 Å². The number of carbonyl (C=O) groups excluding carboxylic acids is 1. The molecule has 0 unspecified atom stereocenters. The third-order valence-electron chi connectivity index (χ3n) is 1.49. The SMILES string of the molecule is CC(=O)c1ccccc1OBO. The average molecular weight is 164 g/mol. The molecule has 0 bridgehead atoms. The quantitative estimate of drug-likeness (QED) is 0.523. The number of rotatable bonds is 3. The number of para-hydroxylation sites is 1. The predicted molar refractivity (Wildman–Crippen MR) is 46.4 cm³/mol. The molecule has 0 aromatic heterocycles. The summed E-state index contributed by atoms with van der Waals surface area (Å²) in [6.45, 7) is 1.46. The lowest BCUT2D eigenvalue weighted by Crippen LogP contribution is -2.04. The van der Waals surface area contributed by atoms with Crippen LogP contribution in [0.4, 0.5) is 0 Å². The van der Waals surface area contributed by atoms with Crippen molar-refractivity contribution >= 4 is 13.5 Å². The Morgan fingerprint density at radius 2 is 2.17 bits per heavy atom. The van der Waals surface area contributed by atoms with Crippen LogP contribution < -0.4 is 4.65 Å². The summed E-state index contributed by atoms with van der Waals surface area (Å²) in [5, 5.41) is 8.49. The highest BCUT2D eigenvalue weighted by Crippen LogP contribution is 2.17. The molecule has 1 N–H and O–H groups in total. The number of ketones is 1. The Labute approximate surface area is 71.3 Å². The maximum atomic E-state index is 11.0. The molecule has 0 fully saturated rings. The Bertz CT molecular complexity index is 285. The summed E-state index contributed by atoms with van der Waals surface area (Å²) in [5.41, 5.74) is 0.492.